The van der Waals surface area contributed by atoms with Gasteiger partial charge < -0.3 is 28.8 Å². The van der Waals surface area contributed by atoms with Gasteiger partial charge in [-0.25, -0.2) is 4.79 Å². The molecule has 38 heavy (non-hydrogen) atoms. The predicted octanol–water partition coefficient (Wildman–Crippen LogP) is 3.21. The zero-order valence-corrected chi connectivity index (χ0v) is 22.6. The number of carboxylic acids is 1. The number of carbonyl (C=O) groups excluding carboxylic acids is 3. The molecule has 0 bridgehead atoms. The quantitative estimate of drug-likeness (QED) is 0.436. The number of carbonyl (C=O) groups is 4. The van der Waals surface area contributed by atoms with Crippen molar-refractivity contribution < 1.29 is 48.0 Å². The van der Waals surface area contributed by atoms with E-state index in [-0.39, 0.29) is 18.6 Å². The molecule has 4 unspecified atom stereocenters. The van der Waals surface area contributed by atoms with Crippen LogP contribution in [-0.4, -0.2) is 57.3 Å². The number of epoxide rings is 1. The number of ketones is 1. The predicted molar refractivity (Wildman–Crippen MR) is 129 cm³/mol. The molecule has 9 atom stereocenters. The SMILES string of the molecule is CC(=O)O[C@@H]1CC(=O)OC(C)(C)C2CC(=O)[C@]3(C)C(CC[C@@](C)([C@@H](O)c4ccoc4)C34OC4C(=O)O)[C@]21C. The number of cyclic esters (lactones) is 1. The number of rotatable bonds is 4. The lowest BCUT2D eigenvalue weighted by molar-refractivity contribution is -0.227. The Morgan fingerprint density at radius 2 is 1.79 bits per heavy atom. The van der Waals surface area contributed by atoms with E-state index in [0.29, 0.717) is 18.4 Å². The fourth-order valence-electron chi connectivity index (χ4n) is 8.90. The average molecular weight is 533 g/mol. The minimum absolute atomic E-state index is 0.0309. The van der Waals surface area contributed by atoms with Crippen LogP contribution in [-0.2, 0) is 33.4 Å². The highest BCUT2D eigenvalue weighted by atomic mass is 16.6. The maximum atomic E-state index is 14.4. The Balaban J connectivity index is 1.72. The second kappa shape index (κ2) is 8.14. The van der Waals surface area contributed by atoms with E-state index in [1.165, 1.54) is 19.5 Å². The van der Waals surface area contributed by atoms with Crippen molar-refractivity contribution in [2.75, 3.05) is 0 Å². The summed E-state index contributed by atoms with van der Waals surface area (Å²) in [6.45, 7) is 10.2. The molecule has 2 N–H and O–H groups in total. The normalized spacial score (nSPS) is 44.3. The van der Waals surface area contributed by atoms with Crippen molar-refractivity contribution in [3.05, 3.63) is 24.2 Å². The van der Waals surface area contributed by atoms with Crippen LogP contribution in [0.25, 0.3) is 0 Å². The van der Waals surface area contributed by atoms with E-state index in [1.807, 2.05) is 6.92 Å². The zero-order valence-electron chi connectivity index (χ0n) is 22.6. The third-order valence-corrected chi connectivity index (χ3v) is 10.6. The summed E-state index contributed by atoms with van der Waals surface area (Å²) in [5.41, 5.74) is -5.59. The Morgan fingerprint density at radius 1 is 1.11 bits per heavy atom. The molecule has 2 saturated heterocycles. The summed E-state index contributed by atoms with van der Waals surface area (Å²) in [4.78, 5) is 51.9. The number of hydrogen-bond donors (Lipinski definition) is 2. The van der Waals surface area contributed by atoms with Crippen LogP contribution in [0.1, 0.15) is 78.9 Å². The highest BCUT2D eigenvalue weighted by Gasteiger charge is 2.86. The van der Waals surface area contributed by atoms with Crippen molar-refractivity contribution in [3.8, 4) is 0 Å². The first-order valence-electron chi connectivity index (χ1n) is 13.1. The number of fused-ring (bicyclic) bond motifs is 4. The van der Waals surface area contributed by atoms with Gasteiger partial charge in [0.15, 0.2) is 6.10 Å². The molecule has 5 rings (SSSR count). The number of furan rings is 1. The Hall–Kier alpha value is -2.72. The Bertz CT molecular complexity index is 1190. The highest BCUT2D eigenvalue weighted by molar-refractivity contribution is 5.92. The molecule has 0 aromatic carbocycles. The van der Waals surface area contributed by atoms with E-state index in [2.05, 4.69) is 0 Å². The number of aliphatic hydroxyl groups excluding tert-OH is 1. The van der Waals surface area contributed by atoms with Crippen LogP contribution in [0.5, 0.6) is 0 Å². The van der Waals surface area contributed by atoms with E-state index < -0.39 is 75.5 Å². The molecule has 4 fully saturated rings. The molecule has 0 radical (unpaired) electrons. The molecule has 2 aliphatic carbocycles. The standard InChI is InChI=1S/C28H36O10/c1-14(29)36-19-12-20(31)37-24(2,3)17-11-18(30)27(6)16(26(17,19)5)7-9-25(4,21(32)15-8-10-35-13-15)28(27)22(38-28)23(33)34/h8,10,13,16-17,19,21-22,32H,7,9,11-12H2,1-6H3,(H,33,34)/t16?,17?,19-,21+,22?,25+,26-,27+,28?/m1/s1. The van der Waals surface area contributed by atoms with Crippen LogP contribution in [0, 0.1) is 28.1 Å². The summed E-state index contributed by atoms with van der Waals surface area (Å²) < 4.78 is 22.9. The number of carboxylic acid groups (broad SMARTS) is 1. The van der Waals surface area contributed by atoms with E-state index in [1.54, 1.807) is 33.8 Å². The first-order chi connectivity index (χ1) is 17.6. The van der Waals surface area contributed by atoms with Crippen LogP contribution in [0.15, 0.2) is 23.0 Å². The molecule has 10 heteroatoms. The van der Waals surface area contributed by atoms with Gasteiger partial charge in [0.05, 0.1) is 30.5 Å². The maximum Gasteiger partial charge on any atom is 0.335 e. The lowest BCUT2D eigenvalue weighted by Gasteiger charge is -2.65. The lowest BCUT2D eigenvalue weighted by atomic mass is 9.37. The molecule has 0 amide bonds. The molecule has 1 aromatic rings. The fourth-order valence-corrected chi connectivity index (χ4v) is 8.90. The largest absolute Gasteiger partial charge is 0.479 e. The van der Waals surface area contributed by atoms with Gasteiger partial charge in [-0.15, -0.1) is 0 Å². The Labute approximate surface area is 221 Å². The smallest absolute Gasteiger partial charge is 0.335 e. The number of aliphatic carboxylic acids is 1. The van der Waals surface area contributed by atoms with Gasteiger partial charge in [0.2, 0.25) is 0 Å². The third-order valence-electron chi connectivity index (χ3n) is 10.6. The van der Waals surface area contributed by atoms with Gasteiger partial charge in [0, 0.05) is 35.7 Å². The molecule has 2 aliphatic heterocycles. The van der Waals surface area contributed by atoms with Crippen LogP contribution in [0.3, 0.4) is 0 Å². The van der Waals surface area contributed by atoms with Crippen LogP contribution < -0.4 is 0 Å². The van der Waals surface area contributed by atoms with Crippen molar-refractivity contribution in [2.45, 2.75) is 96.7 Å². The topological polar surface area (TPSA) is 153 Å². The second-order valence-electron chi connectivity index (χ2n) is 12.7. The van der Waals surface area contributed by atoms with E-state index in [4.69, 9.17) is 18.6 Å². The van der Waals surface area contributed by atoms with Gasteiger partial charge >= 0.3 is 17.9 Å². The molecule has 3 heterocycles. The van der Waals surface area contributed by atoms with Crippen LogP contribution in [0.2, 0.25) is 0 Å². The monoisotopic (exact) mass is 532 g/mol. The van der Waals surface area contributed by atoms with Crippen molar-refractivity contribution in [3.63, 3.8) is 0 Å². The maximum absolute atomic E-state index is 14.4. The molecule has 2 saturated carbocycles. The number of aliphatic hydroxyl groups is 1. The second-order valence-corrected chi connectivity index (χ2v) is 12.7. The summed E-state index contributed by atoms with van der Waals surface area (Å²) in [7, 11) is 0. The van der Waals surface area contributed by atoms with E-state index in [0.717, 1.165) is 0 Å². The number of esters is 2. The number of ether oxygens (including phenoxy) is 3. The van der Waals surface area contributed by atoms with Gasteiger partial charge in [-0.1, -0.05) is 13.8 Å². The lowest BCUT2D eigenvalue weighted by Crippen LogP contribution is -2.71. The van der Waals surface area contributed by atoms with Crippen molar-refractivity contribution >= 4 is 23.7 Å². The molecular weight excluding hydrogens is 496 g/mol. The summed E-state index contributed by atoms with van der Waals surface area (Å²) in [5, 5.41) is 21.8. The molecule has 4 aliphatic rings. The third kappa shape index (κ3) is 3.19. The minimum atomic E-state index is -1.54. The van der Waals surface area contributed by atoms with Gasteiger partial charge in [-0.3, -0.25) is 14.4 Å². The molecule has 1 aromatic heterocycles. The summed E-state index contributed by atoms with van der Waals surface area (Å²) in [6.07, 6.45) is -0.0325. The molecule has 208 valence electrons. The summed E-state index contributed by atoms with van der Waals surface area (Å²) >= 11 is 0. The van der Waals surface area contributed by atoms with Crippen molar-refractivity contribution in [1.82, 2.24) is 0 Å². The van der Waals surface area contributed by atoms with Gasteiger partial charge in [-0.2, -0.15) is 0 Å². The Morgan fingerprint density at radius 3 is 2.34 bits per heavy atom. The molecule has 10 nitrogen and oxygen atoms in total. The zero-order chi connectivity index (χ0) is 28.1. The first-order valence-corrected chi connectivity index (χ1v) is 13.1. The Kier molecular flexibility index (Phi) is 5.76. The summed E-state index contributed by atoms with van der Waals surface area (Å²) in [5.74, 6) is -3.55. The van der Waals surface area contributed by atoms with Gasteiger partial charge in [0.25, 0.3) is 0 Å². The average Bonchev–Trinajstić information content (AvgIpc) is 3.38. The number of hydrogen-bond acceptors (Lipinski definition) is 9. The first kappa shape index (κ1) is 26.9. The fraction of sp³-hybridized carbons (Fsp3) is 0.714. The van der Waals surface area contributed by atoms with Crippen molar-refractivity contribution in [2.24, 2.45) is 28.1 Å². The van der Waals surface area contributed by atoms with E-state index in [9.17, 15) is 29.4 Å². The van der Waals surface area contributed by atoms with Crippen molar-refractivity contribution in [1.29, 1.82) is 0 Å². The summed E-state index contributed by atoms with van der Waals surface area (Å²) in [6, 6.07) is 1.61. The minimum Gasteiger partial charge on any atom is -0.479 e. The van der Waals surface area contributed by atoms with Gasteiger partial charge in [-0.05, 0) is 45.6 Å². The van der Waals surface area contributed by atoms with Gasteiger partial charge in [0.1, 0.15) is 23.1 Å². The van der Waals surface area contributed by atoms with Crippen LogP contribution in [0.4, 0.5) is 0 Å². The highest BCUT2D eigenvalue weighted by Crippen LogP contribution is 2.77. The molecular formula is C28H36O10. The number of Topliss-reactive ketones (excluding diaryl/α,β-unsaturated/α-hetero) is 1. The van der Waals surface area contributed by atoms with E-state index >= 15 is 0 Å². The van der Waals surface area contributed by atoms with Crippen LogP contribution >= 0.6 is 0 Å². The molecule has 1 spiro atoms.